The fourth-order valence-corrected chi connectivity index (χ4v) is 3.80. The molecule has 3 aromatic rings. The number of aliphatic hydroxyl groups is 1. The normalized spacial score (nSPS) is 17.9. The topological polar surface area (TPSA) is 100 Å². The van der Waals surface area contributed by atoms with Gasteiger partial charge in [-0.05, 0) is 68.8 Å². The maximum Gasteiger partial charge on any atom is 0.300 e. The number of phenolic OH excluding ortho intramolecular Hbond substituents is 1. The minimum Gasteiger partial charge on any atom is -0.507 e. The van der Waals surface area contributed by atoms with Crippen LogP contribution in [0.25, 0.3) is 5.76 Å². The number of hydrogen-bond donors (Lipinski definition) is 2. The van der Waals surface area contributed by atoms with Gasteiger partial charge in [-0.25, -0.2) is 0 Å². The van der Waals surface area contributed by atoms with E-state index in [-0.39, 0.29) is 34.6 Å². The number of carbonyl (C=O) groups is 2. The van der Waals surface area contributed by atoms with Gasteiger partial charge in [0.2, 0.25) is 0 Å². The van der Waals surface area contributed by atoms with Gasteiger partial charge in [0.25, 0.3) is 11.7 Å². The minimum atomic E-state index is -1.04. The molecule has 1 aromatic heterocycles. The monoisotopic (exact) mass is 433 g/mol. The molecule has 2 aromatic carbocycles. The number of amides is 1. The maximum absolute atomic E-state index is 13.1. The standard InChI is InChI=1S/C25H23NO6/c1-14(2)32-19-11-10-16(13-15(19)3)23(28)21-22(20-9-6-12-31-20)26(25(30)24(21)29)17-7-4-5-8-18(17)27/h4-14,22,27-28H,1-3H3/b23-21-. The first-order valence-electron chi connectivity index (χ1n) is 10.2. The van der Waals surface area contributed by atoms with E-state index in [1.54, 1.807) is 42.5 Å². The zero-order valence-corrected chi connectivity index (χ0v) is 17.9. The van der Waals surface area contributed by atoms with Crippen molar-refractivity contribution in [1.82, 2.24) is 0 Å². The Morgan fingerprint density at radius 3 is 2.47 bits per heavy atom. The average molecular weight is 433 g/mol. The lowest BCUT2D eigenvalue weighted by molar-refractivity contribution is -0.132. The number of carbonyl (C=O) groups excluding carboxylic acids is 2. The molecule has 0 saturated carbocycles. The number of ketones is 1. The number of Topliss-reactive ketones (excluding diaryl/α,β-unsaturated/α-hetero) is 1. The third kappa shape index (κ3) is 3.62. The van der Waals surface area contributed by atoms with E-state index in [2.05, 4.69) is 0 Å². The smallest absolute Gasteiger partial charge is 0.300 e. The summed E-state index contributed by atoms with van der Waals surface area (Å²) in [7, 11) is 0. The molecule has 0 spiro atoms. The Morgan fingerprint density at radius 1 is 1.09 bits per heavy atom. The lowest BCUT2D eigenvalue weighted by Gasteiger charge is -2.24. The van der Waals surface area contributed by atoms with Crippen molar-refractivity contribution in [3.63, 3.8) is 0 Å². The summed E-state index contributed by atoms with van der Waals surface area (Å²) in [5, 5.41) is 21.5. The Labute approximate surface area is 185 Å². The predicted molar refractivity (Wildman–Crippen MR) is 119 cm³/mol. The van der Waals surface area contributed by atoms with Gasteiger partial charge in [0.15, 0.2) is 0 Å². The number of benzene rings is 2. The van der Waals surface area contributed by atoms with E-state index in [0.29, 0.717) is 11.3 Å². The largest absolute Gasteiger partial charge is 0.507 e. The van der Waals surface area contributed by atoms with Gasteiger partial charge < -0.3 is 19.4 Å². The van der Waals surface area contributed by atoms with E-state index < -0.39 is 17.7 Å². The summed E-state index contributed by atoms with van der Waals surface area (Å²) < 4.78 is 11.3. The summed E-state index contributed by atoms with van der Waals surface area (Å²) in [5.74, 6) is -1.30. The molecular weight excluding hydrogens is 410 g/mol. The third-order valence-electron chi connectivity index (χ3n) is 5.21. The van der Waals surface area contributed by atoms with Crippen LogP contribution in [0.1, 0.15) is 36.8 Å². The van der Waals surface area contributed by atoms with Crippen LogP contribution in [0, 0.1) is 6.92 Å². The van der Waals surface area contributed by atoms with Gasteiger partial charge >= 0.3 is 0 Å². The molecule has 4 rings (SSSR count). The number of anilines is 1. The fourth-order valence-electron chi connectivity index (χ4n) is 3.80. The summed E-state index contributed by atoms with van der Waals surface area (Å²) in [6.45, 7) is 5.66. The van der Waals surface area contributed by atoms with Gasteiger partial charge in [0, 0.05) is 5.56 Å². The van der Waals surface area contributed by atoms with Gasteiger partial charge in [0.05, 0.1) is 23.6 Å². The van der Waals surface area contributed by atoms with Crippen LogP contribution in [0.3, 0.4) is 0 Å². The number of phenols is 1. The first kappa shape index (κ1) is 21.2. The van der Waals surface area contributed by atoms with Crippen molar-refractivity contribution in [3.8, 4) is 11.5 Å². The van der Waals surface area contributed by atoms with E-state index in [4.69, 9.17) is 9.15 Å². The molecule has 1 fully saturated rings. The Bertz CT molecular complexity index is 1210. The Balaban J connectivity index is 1.87. The van der Waals surface area contributed by atoms with Gasteiger partial charge in [-0.15, -0.1) is 0 Å². The number of rotatable bonds is 5. The molecule has 2 heterocycles. The predicted octanol–water partition coefficient (Wildman–Crippen LogP) is 4.71. The van der Waals surface area contributed by atoms with Crippen LogP contribution < -0.4 is 9.64 Å². The molecule has 1 aliphatic heterocycles. The van der Waals surface area contributed by atoms with Crippen molar-refractivity contribution >= 4 is 23.1 Å². The van der Waals surface area contributed by atoms with Crippen molar-refractivity contribution in [2.45, 2.75) is 32.9 Å². The molecule has 1 atom stereocenters. The Morgan fingerprint density at radius 2 is 1.84 bits per heavy atom. The summed E-state index contributed by atoms with van der Waals surface area (Å²) >= 11 is 0. The van der Waals surface area contributed by atoms with E-state index >= 15 is 0 Å². The zero-order chi connectivity index (χ0) is 23.0. The molecule has 7 nitrogen and oxygen atoms in total. The molecule has 0 radical (unpaired) electrons. The SMILES string of the molecule is Cc1cc(/C(O)=C2/C(=O)C(=O)N(c3ccccc3O)C2c2ccco2)ccc1OC(C)C. The number of ether oxygens (including phenoxy) is 1. The van der Waals surface area contributed by atoms with Gasteiger partial charge in [-0.3, -0.25) is 14.5 Å². The summed E-state index contributed by atoms with van der Waals surface area (Å²) in [4.78, 5) is 27.2. The zero-order valence-electron chi connectivity index (χ0n) is 17.9. The van der Waals surface area contributed by atoms with Crippen LogP contribution in [-0.2, 0) is 9.59 Å². The highest BCUT2D eigenvalue weighted by molar-refractivity contribution is 6.51. The Kier molecular flexibility index (Phi) is 5.48. The summed E-state index contributed by atoms with van der Waals surface area (Å²) in [5.41, 5.74) is 1.16. The number of aliphatic hydroxyl groups excluding tert-OH is 1. The number of aryl methyl sites for hydroxylation is 1. The highest BCUT2D eigenvalue weighted by atomic mass is 16.5. The fraction of sp³-hybridized carbons (Fsp3) is 0.200. The van der Waals surface area contributed by atoms with Crippen molar-refractivity contribution in [2.75, 3.05) is 4.90 Å². The van der Waals surface area contributed by atoms with E-state index in [1.807, 2.05) is 20.8 Å². The number of hydrogen-bond acceptors (Lipinski definition) is 6. The molecule has 1 saturated heterocycles. The lowest BCUT2D eigenvalue weighted by Crippen LogP contribution is -2.29. The summed E-state index contributed by atoms with van der Waals surface area (Å²) in [6.07, 6.45) is 1.40. The molecule has 164 valence electrons. The highest BCUT2D eigenvalue weighted by Crippen LogP contribution is 2.44. The van der Waals surface area contributed by atoms with Crippen molar-refractivity contribution in [2.24, 2.45) is 0 Å². The molecule has 7 heteroatoms. The maximum atomic E-state index is 13.1. The third-order valence-corrected chi connectivity index (χ3v) is 5.21. The molecular formula is C25H23NO6. The van der Waals surface area contributed by atoms with Gasteiger partial charge in [-0.1, -0.05) is 12.1 Å². The number of furan rings is 1. The second-order valence-corrected chi connectivity index (χ2v) is 7.82. The van der Waals surface area contributed by atoms with Crippen LogP contribution in [0.4, 0.5) is 5.69 Å². The quantitative estimate of drug-likeness (QED) is 0.343. The second kappa shape index (κ2) is 8.26. The van der Waals surface area contributed by atoms with Crippen LogP contribution in [0.15, 0.2) is 70.9 Å². The van der Waals surface area contributed by atoms with Gasteiger partial charge in [-0.2, -0.15) is 0 Å². The lowest BCUT2D eigenvalue weighted by atomic mass is 9.98. The number of para-hydroxylation sites is 2. The second-order valence-electron chi connectivity index (χ2n) is 7.82. The van der Waals surface area contributed by atoms with Crippen molar-refractivity contribution in [3.05, 3.63) is 83.3 Å². The Hall–Kier alpha value is -4.00. The van der Waals surface area contributed by atoms with Crippen LogP contribution in [0.2, 0.25) is 0 Å². The highest BCUT2D eigenvalue weighted by Gasteiger charge is 2.49. The van der Waals surface area contributed by atoms with E-state index in [1.165, 1.54) is 18.4 Å². The summed E-state index contributed by atoms with van der Waals surface area (Å²) in [6, 6.07) is 13.4. The average Bonchev–Trinajstić information content (AvgIpc) is 3.37. The van der Waals surface area contributed by atoms with Crippen LogP contribution in [0.5, 0.6) is 11.5 Å². The molecule has 1 unspecified atom stereocenters. The van der Waals surface area contributed by atoms with Crippen molar-refractivity contribution in [1.29, 1.82) is 0 Å². The molecule has 1 aliphatic rings. The van der Waals surface area contributed by atoms with E-state index in [0.717, 1.165) is 10.5 Å². The first-order chi connectivity index (χ1) is 15.3. The van der Waals surface area contributed by atoms with Crippen LogP contribution in [-0.4, -0.2) is 28.0 Å². The number of nitrogens with zero attached hydrogens (tertiary/aromatic N) is 1. The minimum absolute atomic E-state index is 0.0176. The van der Waals surface area contributed by atoms with Crippen molar-refractivity contribution < 1.29 is 29.0 Å². The molecule has 0 bridgehead atoms. The molecule has 32 heavy (non-hydrogen) atoms. The number of aromatic hydroxyl groups is 1. The van der Waals surface area contributed by atoms with Gasteiger partial charge in [0.1, 0.15) is 29.1 Å². The van der Waals surface area contributed by atoms with Crippen LogP contribution >= 0.6 is 0 Å². The first-order valence-corrected chi connectivity index (χ1v) is 10.2. The molecule has 0 aliphatic carbocycles. The molecule has 2 N–H and O–H groups in total. The molecule has 1 amide bonds. The van der Waals surface area contributed by atoms with E-state index in [9.17, 15) is 19.8 Å².